The smallest absolute Gasteiger partial charge is 0.355 e. The summed E-state index contributed by atoms with van der Waals surface area (Å²) >= 11 is 0. The van der Waals surface area contributed by atoms with E-state index in [0.717, 1.165) is 18.2 Å². The Hall–Kier alpha value is -2.97. The van der Waals surface area contributed by atoms with Gasteiger partial charge in [-0.3, -0.25) is 9.59 Å². The van der Waals surface area contributed by atoms with Gasteiger partial charge in [0.15, 0.2) is 11.6 Å². The van der Waals surface area contributed by atoms with Crippen LogP contribution in [0.4, 0.5) is 22.0 Å². The lowest BCUT2D eigenvalue weighted by Gasteiger charge is -2.18. The van der Waals surface area contributed by atoms with E-state index in [2.05, 4.69) is 10.6 Å². The third-order valence-electron chi connectivity index (χ3n) is 4.59. The van der Waals surface area contributed by atoms with Crippen molar-refractivity contribution in [2.24, 2.45) is 5.92 Å². The molecule has 1 aliphatic rings. The van der Waals surface area contributed by atoms with E-state index < -0.39 is 47.0 Å². The molecular weight excluding hydrogens is 383 g/mol. The Morgan fingerprint density at radius 1 is 1.14 bits per heavy atom. The van der Waals surface area contributed by atoms with Crippen LogP contribution in [0, 0.1) is 17.6 Å². The largest absolute Gasteiger partial charge is 0.416 e. The van der Waals surface area contributed by atoms with Crippen LogP contribution in [0.3, 0.4) is 0 Å². The second kappa shape index (κ2) is 7.57. The summed E-state index contributed by atoms with van der Waals surface area (Å²) in [5.41, 5.74) is -0.807. The average Bonchev–Trinajstić information content (AvgIpc) is 3.04. The minimum Gasteiger partial charge on any atom is -0.355 e. The lowest BCUT2D eigenvalue weighted by atomic mass is 9.87. The van der Waals surface area contributed by atoms with Gasteiger partial charge in [-0.15, -0.1) is 0 Å². The lowest BCUT2D eigenvalue weighted by molar-refractivity contribution is -0.137. The first-order valence-corrected chi connectivity index (χ1v) is 8.34. The molecule has 0 bridgehead atoms. The number of nitrogens with one attached hydrogen (secondary N) is 2. The van der Waals surface area contributed by atoms with Crippen molar-refractivity contribution in [1.82, 2.24) is 10.6 Å². The van der Waals surface area contributed by atoms with Crippen LogP contribution < -0.4 is 10.6 Å². The number of benzene rings is 2. The minimum atomic E-state index is -4.56. The predicted octanol–water partition coefficient (Wildman–Crippen LogP) is 3.13. The van der Waals surface area contributed by atoms with Crippen LogP contribution >= 0.6 is 0 Å². The van der Waals surface area contributed by atoms with E-state index in [1.54, 1.807) is 0 Å². The van der Waals surface area contributed by atoms with Gasteiger partial charge >= 0.3 is 6.18 Å². The van der Waals surface area contributed by atoms with Crippen LogP contribution in [0.1, 0.15) is 22.6 Å². The average molecular weight is 398 g/mol. The van der Waals surface area contributed by atoms with Gasteiger partial charge in [-0.2, -0.15) is 13.2 Å². The molecule has 9 heteroatoms. The number of carbonyl (C=O) groups excluding carboxylic acids is 2. The van der Waals surface area contributed by atoms with Crippen LogP contribution in [-0.4, -0.2) is 18.4 Å². The summed E-state index contributed by atoms with van der Waals surface area (Å²) in [6.07, 6.45) is -4.56. The number of halogens is 5. The molecule has 2 aromatic carbocycles. The maximum absolute atomic E-state index is 13.7. The van der Waals surface area contributed by atoms with E-state index in [1.807, 2.05) is 0 Å². The quantitative estimate of drug-likeness (QED) is 0.614. The van der Waals surface area contributed by atoms with E-state index in [1.165, 1.54) is 24.3 Å². The zero-order valence-corrected chi connectivity index (χ0v) is 14.3. The second-order valence-electron chi connectivity index (χ2n) is 6.38. The van der Waals surface area contributed by atoms with Gasteiger partial charge in [-0.25, -0.2) is 8.78 Å². The van der Waals surface area contributed by atoms with Gasteiger partial charge < -0.3 is 10.6 Å². The molecule has 3 rings (SSSR count). The van der Waals surface area contributed by atoms with Gasteiger partial charge in [0.05, 0.1) is 5.56 Å². The first kappa shape index (κ1) is 19.8. The standard InChI is InChI=1S/C19H15F5N2O2/c20-14-6-2-4-11(16(14)21)8-25-17(27)15-13(9-26-18(15)28)10-3-1-5-12(7-10)19(22,23)24/h1-7,13,15H,8-9H2,(H,25,27)(H,26,28)/t13-,15-/m1/s1. The van der Waals surface area contributed by atoms with E-state index in [4.69, 9.17) is 0 Å². The molecule has 0 aliphatic carbocycles. The van der Waals surface area contributed by atoms with Crippen molar-refractivity contribution < 1.29 is 31.5 Å². The Morgan fingerprint density at radius 2 is 1.86 bits per heavy atom. The van der Waals surface area contributed by atoms with Crippen molar-refractivity contribution in [3.05, 3.63) is 70.8 Å². The van der Waals surface area contributed by atoms with E-state index in [-0.39, 0.29) is 24.2 Å². The molecule has 1 aliphatic heterocycles. The maximum atomic E-state index is 13.7. The molecule has 0 spiro atoms. The Bertz CT molecular complexity index is 913. The molecule has 4 nitrogen and oxygen atoms in total. The first-order valence-electron chi connectivity index (χ1n) is 8.34. The monoisotopic (exact) mass is 398 g/mol. The summed E-state index contributed by atoms with van der Waals surface area (Å²) in [4.78, 5) is 24.6. The number of carbonyl (C=O) groups is 2. The van der Waals surface area contributed by atoms with Crippen molar-refractivity contribution in [1.29, 1.82) is 0 Å². The van der Waals surface area contributed by atoms with Crippen molar-refractivity contribution in [2.75, 3.05) is 6.54 Å². The second-order valence-corrected chi connectivity index (χ2v) is 6.38. The van der Waals surface area contributed by atoms with Gasteiger partial charge in [-0.1, -0.05) is 30.3 Å². The molecule has 0 aromatic heterocycles. The van der Waals surface area contributed by atoms with E-state index in [9.17, 15) is 31.5 Å². The van der Waals surface area contributed by atoms with Crippen molar-refractivity contribution in [2.45, 2.75) is 18.6 Å². The van der Waals surface area contributed by atoms with Crippen LogP contribution in [0.15, 0.2) is 42.5 Å². The molecule has 0 radical (unpaired) electrons. The number of rotatable bonds is 4. The SMILES string of the molecule is O=C(NCc1cccc(F)c1F)[C@@H]1C(=O)NC[C@@H]1c1cccc(C(F)(F)F)c1. The molecule has 28 heavy (non-hydrogen) atoms. The third-order valence-corrected chi connectivity index (χ3v) is 4.59. The lowest BCUT2D eigenvalue weighted by Crippen LogP contribution is -2.37. The third kappa shape index (κ3) is 3.97. The zero-order chi connectivity index (χ0) is 20.5. The highest BCUT2D eigenvalue weighted by molar-refractivity contribution is 6.03. The summed E-state index contributed by atoms with van der Waals surface area (Å²) in [6.45, 7) is -0.367. The van der Waals surface area contributed by atoms with Gasteiger partial charge in [0, 0.05) is 24.6 Å². The first-order chi connectivity index (χ1) is 13.2. The normalized spacial score (nSPS) is 19.4. The molecule has 0 unspecified atom stereocenters. The maximum Gasteiger partial charge on any atom is 0.416 e. The van der Waals surface area contributed by atoms with E-state index in [0.29, 0.717) is 0 Å². The predicted molar refractivity (Wildman–Crippen MR) is 88.9 cm³/mol. The van der Waals surface area contributed by atoms with Crippen LogP contribution in [0.2, 0.25) is 0 Å². The molecule has 2 amide bonds. The molecule has 1 fully saturated rings. The summed E-state index contributed by atoms with van der Waals surface area (Å²) in [7, 11) is 0. The van der Waals surface area contributed by atoms with Crippen LogP contribution in [0.25, 0.3) is 0 Å². The molecule has 0 saturated carbocycles. The molecule has 1 heterocycles. The topological polar surface area (TPSA) is 58.2 Å². The van der Waals surface area contributed by atoms with Crippen molar-refractivity contribution >= 4 is 11.8 Å². The van der Waals surface area contributed by atoms with Gasteiger partial charge in [0.25, 0.3) is 0 Å². The molecule has 148 valence electrons. The highest BCUT2D eigenvalue weighted by atomic mass is 19.4. The van der Waals surface area contributed by atoms with Crippen molar-refractivity contribution in [3.63, 3.8) is 0 Å². The molecule has 2 aromatic rings. The summed E-state index contributed by atoms with van der Waals surface area (Å²) in [5, 5.41) is 4.82. The Kier molecular flexibility index (Phi) is 5.35. The van der Waals surface area contributed by atoms with Gasteiger partial charge in [0.2, 0.25) is 11.8 Å². The molecular formula is C19H15F5N2O2. The van der Waals surface area contributed by atoms with Crippen molar-refractivity contribution in [3.8, 4) is 0 Å². The number of hydrogen-bond acceptors (Lipinski definition) is 2. The fourth-order valence-corrected chi connectivity index (χ4v) is 3.16. The van der Waals surface area contributed by atoms with Crippen LogP contribution in [0.5, 0.6) is 0 Å². The Labute approximate surface area is 156 Å². The number of alkyl halides is 3. The summed E-state index contributed by atoms with van der Waals surface area (Å²) in [5.74, 6) is -5.70. The number of hydrogen-bond donors (Lipinski definition) is 2. The zero-order valence-electron chi connectivity index (χ0n) is 14.3. The van der Waals surface area contributed by atoms with Gasteiger partial charge in [0.1, 0.15) is 5.92 Å². The van der Waals surface area contributed by atoms with Gasteiger partial charge in [-0.05, 0) is 17.7 Å². The minimum absolute atomic E-state index is 0.00738. The summed E-state index contributed by atoms with van der Waals surface area (Å²) in [6, 6.07) is 7.89. The Morgan fingerprint density at radius 3 is 2.57 bits per heavy atom. The number of amides is 2. The molecule has 2 atom stereocenters. The molecule has 2 N–H and O–H groups in total. The Balaban J connectivity index is 1.79. The highest BCUT2D eigenvalue weighted by Gasteiger charge is 2.41. The highest BCUT2D eigenvalue weighted by Crippen LogP contribution is 2.34. The van der Waals surface area contributed by atoms with E-state index >= 15 is 0 Å². The fraction of sp³-hybridized carbons (Fsp3) is 0.263. The van der Waals surface area contributed by atoms with Crippen LogP contribution in [-0.2, 0) is 22.3 Å². The fourth-order valence-electron chi connectivity index (χ4n) is 3.16. The molecule has 1 saturated heterocycles. The summed E-state index contributed by atoms with van der Waals surface area (Å²) < 4.78 is 65.7.